The Balaban J connectivity index is 2.03. The quantitative estimate of drug-likeness (QED) is 0.732. The minimum absolute atomic E-state index is 0.0805. The molecule has 1 fully saturated rings. The van der Waals surface area contributed by atoms with Gasteiger partial charge >= 0.3 is 6.09 Å². The first-order chi connectivity index (χ1) is 9.85. The number of carbonyl (C=O) groups is 1. The Morgan fingerprint density at radius 2 is 2.00 bits per heavy atom. The van der Waals surface area contributed by atoms with E-state index in [-0.39, 0.29) is 5.75 Å². The van der Waals surface area contributed by atoms with Crippen molar-refractivity contribution in [1.29, 1.82) is 0 Å². The highest BCUT2D eigenvalue weighted by Gasteiger charge is 2.19. The lowest BCUT2D eigenvalue weighted by Gasteiger charge is -2.23. The molecule has 1 aromatic carbocycles. The van der Waals surface area contributed by atoms with Crippen molar-refractivity contribution in [2.45, 2.75) is 45.1 Å². The van der Waals surface area contributed by atoms with Crippen LogP contribution in [-0.2, 0) is 4.74 Å². The van der Waals surface area contributed by atoms with Crippen molar-refractivity contribution in [2.24, 2.45) is 0 Å². The van der Waals surface area contributed by atoms with Gasteiger partial charge in [0.15, 0.2) is 0 Å². The molecule has 0 bridgehead atoms. The van der Waals surface area contributed by atoms with Gasteiger partial charge in [-0.05, 0) is 70.3 Å². The van der Waals surface area contributed by atoms with Crippen LogP contribution in [0.4, 0.5) is 10.5 Å². The molecule has 1 heterocycles. The van der Waals surface area contributed by atoms with Gasteiger partial charge in [-0.3, -0.25) is 5.32 Å². The molecule has 2 rings (SSSR count). The third kappa shape index (κ3) is 4.63. The summed E-state index contributed by atoms with van der Waals surface area (Å²) in [5.74, 6) is 0.546. The third-order valence-corrected chi connectivity index (χ3v) is 3.47. The minimum Gasteiger partial charge on any atom is -0.506 e. The van der Waals surface area contributed by atoms with Crippen LogP contribution in [0.1, 0.15) is 45.1 Å². The number of hydrogen-bond acceptors (Lipinski definition) is 4. The molecule has 21 heavy (non-hydrogen) atoms. The molecule has 1 aliphatic rings. The summed E-state index contributed by atoms with van der Waals surface area (Å²) in [4.78, 5) is 11.7. The van der Waals surface area contributed by atoms with E-state index in [2.05, 4.69) is 10.6 Å². The van der Waals surface area contributed by atoms with E-state index in [0.717, 1.165) is 31.5 Å². The molecule has 0 atom stereocenters. The molecule has 1 aliphatic heterocycles. The molecule has 0 radical (unpaired) electrons. The van der Waals surface area contributed by atoms with Crippen molar-refractivity contribution in [3.8, 4) is 5.75 Å². The number of nitrogens with one attached hydrogen (secondary N) is 2. The highest BCUT2D eigenvalue weighted by molar-refractivity contribution is 5.86. The van der Waals surface area contributed by atoms with Crippen molar-refractivity contribution in [2.75, 3.05) is 18.4 Å². The van der Waals surface area contributed by atoms with Crippen molar-refractivity contribution in [3.05, 3.63) is 23.8 Å². The molecule has 3 N–H and O–H groups in total. The summed E-state index contributed by atoms with van der Waals surface area (Å²) in [5, 5.41) is 16.0. The van der Waals surface area contributed by atoms with Crippen molar-refractivity contribution in [1.82, 2.24) is 5.32 Å². The number of hydrogen-bond donors (Lipinski definition) is 3. The summed E-state index contributed by atoms with van der Waals surface area (Å²) < 4.78 is 5.17. The van der Waals surface area contributed by atoms with Gasteiger partial charge in [0.25, 0.3) is 0 Å². The van der Waals surface area contributed by atoms with Crippen molar-refractivity contribution < 1.29 is 14.6 Å². The summed E-state index contributed by atoms with van der Waals surface area (Å²) in [6.45, 7) is 7.40. The zero-order valence-corrected chi connectivity index (χ0v) is 12.9. The Hall–Kier alpha value is -1.75. The maximum Gasteiger partial charge on any atom is 0.412 e. The number of rotatable bonds is 2. The van der Waals surface area contributed by atoms with E-state index < -0.39 is 11.7 Å². The van der Waals surface area contributed by atoms with E-state index in [1.165, 1.54) is 0 Å². The van der Waals surface area contributed by atoms with E-state index in [4.69, 9.17) is 4.74 Å². The van der Waals surface area contributed by atoms with Crippen LogP contribution in [0.3, 0.4) is 0 Å². The van der Waals surface area contributed by atoms with Gasteiger partial charge < -0.3 is 15.2 Å². The molecule has 0 spiro atoms. The average molecular weight is 292 g/mol. The molecule has 0 aliphatic carbocycles. The number of benzene rings is 1. The Bertz CT molecular complexity index is 503. The van der Waals surface area contributed by atoms with Crippen LogP contribution < -0.4 is 10.6 Å². The molecular formula is C16H24N2O3. The predicted octanol–water partition coefficient (Wildman–Crippen LogP) is 3.21. The van der Waals surface area contributed by atoms with Crippen molar-refractivity contribution >= 4 is 11.8 Å². The molecule has 0 aromatic heterocycles. The molecule has 0 saturated carbocycles. The highest BCUT2D eigenvalue weighted by atomic mass is 16.6. The second kappa shape index (κ2) is 6.35. The van der Waals surface area contributed by atoms with E-state index in [1.54, 1.807) is 32.9 Å². The standard InChI is InChI=1S/C16H24N2O3/c1-16(2,3)21-15(20)18-13-5-4-12(10-14(13)19)11-6-8-17-9-7-11/h4-5,10-11,17,19H,6-9H2,1-3H3,(H,18,20). The lowest BCUT2D eigenvalue weighted by atomic mass is 9.90. The molecule has 5 nitrogen and oxygen atoms in total. The predicted molar refractivity (Wildman–Crippen MR) is 82.8 cm³/mol. The van der Waals surface area contributed by atoms with Gasteiger partial charge in [-0.15, -0.1) is 0 Å². The summed E-state index contributed by atoms with van der Waals surface area (Å²) in [5.41, 5.74) is 0.931. The fourth-order valence-electron chi connectivity index (χ4n) is 2.48. The number of carbonyl (C=O) groups excluding carboxylic acids is 1. The van der Waals surface area contributed by atoms with Crippen LogP contribution in [-0.4, -0.2) is 29.9 Å². The van der Waals surface area contributed by atoms with Crippen LogP contribution in [0.5, 0.6) is 5.75 Å². The van der Waals surface area contributed by atoms with Crippen molar-refractivity contribution in [3.63, 3.8) is 0 Å². The van der Waals surface area contributed by atoms with Gasteiger partial charge in [0, 0.05) is 0 Å². The SMILES string of the molecule is CC(C)(C)OC(=O)Nc1ccc(C2CCNCC2)cc1O. The molecular weight excluding hydrogens is 268 g/mol. The Labute approximate surface area is 125 Å². The maximum absolute atomic E-state index is 11.7. The second-order valence-corrected chi connectivity index (χ2v) is 6.43. The number of amides is 1. The fourth-order valence-corrected chi connectivity index (χ4v) is 2.48. The van der Waals surface area contributed by atoms with E-state index >= 15 is 0 Å². The molecule has 1 saturated heterocycles. The number of anilines is 1. The Morgan fingerprint density at radius 3 is 2.57 bits per heavy atom. The van der Waals surface area contributed by atoms with Crippen LogP contribution in [0.25, 0.3) is 0 Å². The van der Waals surface area contributed by atoms with Crippen LogP contribution in [0.2, 0.25) is 0 Å². The van der Waals surface area contributed by atoms with E-state index in [1.807, 2.05) is 6.07 Å². The number of piperidine rings is 1. The summed E-state index contributed by atoms with van der Waals surface area (Å²) >= 11 is 0. The Kier molecular flexibility index (Phi) is 4.73. The maximum atomic E-state index is 11.7. The normalized spacial score (nSPS) is 16.5. The largest absolute Gasteiger partial charge is 0.506 e. The third-order valence-electron chi connectivity index (χ3n) is 3.47. The zero-order valence-electron chi connectivity index (χ0n) is 12.9. The van der Waals surface area contributed by atoms with Gasteiger partial charge in [0.2, 0.25) is 0 Å². The van der Waals surface area contributed by atoms with Gasteiger partial charge in [-0.1, -0.05) is 6.07 Å². The van der Waals surface area contributed by atoms with Crippen LogP contribution >= 0.6 is 0 Å². The lowest BCUT2D eigenvalue weighted by Crippen LogP contribution is -2.27. The first kappa shape index (κ1) is 15.6. The summed E-state index contributed by atoms with van der Waals surface area (Å²) in [6.07, 6.45) is 1.57. The second-order valence-electron chi connectivity index (χ2n) is 6.43. The molecule has 116 valence electrons. The van der Waals surface area contributed by atoms with E-state index in [0.29, 0.717) is 11.6 Å². The highest BCUT2D eigenvalue weighted by Crippen LogP contribution is 2.32. The van der Waals surface area contributed by atoms with Gasteiger partial charge in [0.05, 0.1) is 5.69 Å². The van der Waals surface area contributed by atoms with Crippen LogP contribution in [0, 0.1) is 0 Å². The van der Waals surface area contributed by atoms with E-state index in [9.17, 15) is 9.90 Å². The van der Waals surface area contributed by atoms with Gasteiger partial charge in [-0.25, -0.2) is 4.79 Å². The monoisotopic (exact) mass is 292 g/mol. The molecule has 0 unspecified atom stereocenters. The van der Waals surface area contributed by atoms with Gasteiger partial charge in [0.1, 0.15) is 11.4 Å². The topological polar surface area (TPSA) is 70.6 Å². The average Bonchev–Trinajstić information content (AvgIpc) is 2.40. The first-order valence-corrected chi connectivity index (χ1v) is 7.39. The molecule has 1 amide bonds. The minimum atomic E-state index is -0.563. The summed E-state index contributed by atoms with van der Waals surface area (Å²) in [7, 11) is 0. The van der Waals surface area contributed by atoms with Crippen LogP contribution in [0.15, 0.2) is 18.2 Å². The number of phenols is 1. The van der Waals surface area contributed by atoms with Gasteiger partial charge in [-0.2, -0.15) is 0 Å². The molecule has 1 aromatic rings. The zero-order chi connectivity index (χ0) is 15.5. The number of ether oxygens (including phenoxy) is 1. The Morgan fingerprint density at radius 1 is 1.33 bits per heavy atom. The lowest BCUT2D eigenvalue weighted by molar-refractivity contribution is 0.0635. The summed E-state index contributed by atoms with van der Waals surface area (Å²) in [6, 6.07) is 5.43. The number of aromatic hydroxyl groups is 1. The fraction of sp³-hybridized carbons (Fsp3) is 0.562. The molecule has 5 heteroatoms. The number of phenolic OH excluding ortho intramolecular Hbond substituents is 1. The smallest absolute Gasteiger partial charge is 0.412 e. The first-order valence-electron chi connectivity index (χ1n) is 7.39.